The van der Waals surface area contributed by atoms with Crippen LogP contribution in [-0.2, 0) is 4.79 Å². The Kier molecular flexibility index (Phi) is 3.46. The molecule has 0 spiro atoms. The van der Waals surface area contributed by atoms with Crippen molar-refractivity contribution >= 4 is 12.0 Å². The number of fused-ring (bicyclic) bond motifs is 1. The average Bonchev–Trinajstić information content (AvgIpc) is 2.55. The molecule has 1 heterocycles. The van der Waals surface area contributed by atoms with Gasteiger partial charge >= 0.3 is 0 Å². The molecule has 1 aliphatic rings. The fourth-order valence-corrected chi connectivity index (χ4v) is 2.35. The lowest BCUT2D eigenvalue weighted by Gasteiger charge is -2.25. The van der Waals surface area contributed by atoms with Gasteiger partial charge in [0, 0.05) is 17.2 Å². The summed E-state index contributed by atoms with van der Waals surface area (Å²) >= 11 is 0. The van der Waals surface area contributed by atoms with Gasteiger partial charge in [0.05, 0.1) is 12.7 Å². The molecule has 4 nitrogen and oxygen atoms in total. The van der Waals surface area contributed by atoms with Crippen molar-refractivity contribution in [2.24, 2.45) is 0 Å². The minimum Gasteiger partial charge on any atom is -0.497 e. The largest absolute Gasteiger partial charge is 0.497 e. The SMILES string of the molecule is COc1ccc2c(c1)OC(c1ccccc1)=C(C=O)[C@@H]2O. The number of ether oxygens (including phenoxy) is 2. The molecule has 1 N–H and O–H groups in total. The molecule has 0 fully saturated rings. The zero-order valence-corrected chi connectivity index (χ0v) is 11.4. The number of benzene rings is 2. The van der Waals surface area contributed by atoms with Gasteiger partial charge in [-0.05, 0) is 12.1 Å². The molecule has 2 aromatic rings. The normalized spacial score (nSPS) is 17.0. The van der Waals surface area contributed by atoms with E-state index in [0.717, 1.165) is 5.56 Å². The highest BCUT2D eigenvalue weighted by Crippen LogP contribution is 2.41. The number of rotatable bonds is 3. The molecule has 2 aromatic carbocycles. The Morgan fingerprint density at radius 3 is 2.62 bits per heavy atom. The summed E-state index contributed by atoms with van der Waals surface area (Å²) < 4.78 is 11.0. The van der Waals surface area contributed by atoms with Crippen LogP contribution in [0.2, 0.25) is 0 Å². The van der Waals surface area contributed by atoms with Crippen LogP contribution in [0.5, 0.6) is 11.5 Å². The van der Waals surface area contributed by atoms with Crippen molar-refractivity contribution in [1.29, 1.82) is 0 Å². The van der Waals surface area contributed by atoms with Crippen molar-refractivity contribution in [1.82, 2.24) is 0 Å². The average molecular weight is 282 g/mol. The van der Waals surface area contributed by atoms with Crippen molar-refractivity contribution in [2.45, 2.75) is 6.10 Å². The minimum absolute atomic E-state index is 0.221. The van der Waals surface area contributed by atoms with Crippen molar-refractivity contribution in [3.05, 3.63) is 65.2 Å². The summed E-state index contributed by atoms with van der Waals surface area (Å²) in [6.45, 7) is 0. The Morgan fingerprint density at radius 2 is 1.95 bits per heavy atom. The monoisotopic (exact) mass is 282 g/mol. The van der Waals surface area contributed by atoms with Crippen molar-refractivity contribution in [3.63, 3.8) is 0 Å². The van der Waals surface area contributed by atoms with Gasteiger partial charge in [-0.1, -0.05) is 30.3 Å². The third-order valence-corrected chi connectivity index (χ3v) is 3.45. The number of hydrogen-bond acceptors (Lipinski definition) is 4. The van der Waals surface area contributed by atoms with E-state index in [2.05, 4.69) is 0 Å². The van der Waals surface area contributed by atoms with Gasteiger partial charge in [-0.3, -0.25) is 4.79 Å². The van der Waals surface area contributed by atoms with E-state index in [-0.39, 0.29) is 5.57 Å². The second kappa shape index (κ2) is 5.42. The second-order valence-electron chi connectivity index (χ2n) is 4.68. The van der Waals surface area contributed by atoms with Crippen LogP contribution in [0.25, 0.3) is 5.76 Å². The first-order chi connectivity index (χ1) is 10.2. The first-order valence-electron chi connectivity index (χ1n) is 6.53. The second-order valence-corrected chi connectivity index (χ2v) is 4.68. The van der Waals surface area contributed by atoms with Crippen LogP contribution >= 0.6 is 0 Å². The predicted octanol–water partition coefficient (Wildman–Crippen LogP) is 2.73. The highest BCUT2D eigenvalue weighted by atomic mass is 16.5. The highest BCUT2D eigenvalue weighted by molar-refractivity contribution is 5.89. The number of carbonyl (C=O) groups excluding carboxylic acids is 1. The Bertz CT molecular complexity index is 704. The maximum Gasteiger partial charge on any atom is 0.152 e. The fourth-order valence-electron chi connectivity index (χ4n) is 2.35. The topological polar surface area (TPSA) is 55.8 Å². The Hall–Kier alpha value is -2.59. The van der Waals surface area contributed by atoms with Crippen molar-refractivity contribution < 1.29 is 19.4 Å². The van der Waals surface area contributed by atoms with E-state index in [1.165, 1.54) is 0 Å². The molecule has 0 aromatic heterocycles. The zero-order chi connectivity index (χ0) is 14.8. The molecule has 0 saturated heterocycles. The number of aliphatic hydroxyl groups excluding tert-OH is 1. The van der Waals surface area contributed by atoms with Crippen LogP contribution in [-0.4, -0.2) is 18.5 Å². The molecule has 0 amide bonds. The Labute approximate surface area is 122 Å². The minimum atomic E-state index is -1.01. The van der Waals surface area contributed by atoms with Gasteiger partial charge in [0.1, 0.15) is 23.4 Å². The van der Waals surface area contributed by atoms with E-state index in [9.17, 15) is 9.90 Å². The van der Waals surface area contributed by atoms with Crippen LogP contribution < -0.4 is 9.47 Å². The molecule has 0 unspecified atom stereocenters. The van der Waals surface area contributed by atoms with Gasteiger partial charge in [-0.15, -0.1) is 0 Å². The molecule has 0 saturated carbocycles. The van der Waals surface area contributed by atoms with Gasteiger partial charge in [0.15, 0.2) is 6.29 Å². The summed E-state index contributed by atoms with van der Waals surface area (Å²) in [5.74, 6) is 1.49. The van der Waals surface area contributed by atoms with Crippen molar-refractivity contribution in [3.8, 4) is 11.5 Å². The number of methoxy groups -OCH3 is 1. The van der Waals surface area contributed by atoms with Gasteiger partial charge in [-0.25, -0.2) is 0 Å². The number of hydrogen-bond donors (Lipinski definition) is 1. The molecule has 1 aliphatic heterocycles. The van der Waals surface area contributed by atoms with Crippen molar-refractivity contribution in [2.75, 3.05) is 7.11 Å². The van der Waals surface area contributed by atoms with Crippen LogP contribution in [0.15, 0.2) is 54.1 Å². The molecule has 106 valence electrons. The molecule has 1 atom stereocenters. The summed E-state index contributed by atoms with van der Waals surface area (Å²) in [7, 11) is 1.56. The first-order valence-corrected chi connectivity index (χ1v) is 6.53. The molecular formula is C17H14O4. The van der Waals surface area contributed by atoms with Gasteiger partial charge in [-0.2, -0.15) is 0 Å². The van der Waals surface area contributed by atoms with E-state index in [0.29, 0.717) is 29.1 Å². The lowest BCUT2D eigenvalue weighted by atomic mass is 9.95. The zero-order valence-electron chi connectivity index (χ0n) is 11.4. The summed E-state index contributed by atoms with van der Waals surface area (Å²) in [5, 5.41) is 10.4. The Morgan fingerprint density at radius 1 is 1.19 bits per heavy atom. The van der Waals surface area contributed by atoms with E-state index >= 15 is 0 Å². The van der Waals surface area contributed by atoms with Gasteiger partial charge < -0.3 is 14.6 Å². The smallest absolute Gasteiger partial charge is 0.152 e. The lowest BCUT2D eigenvalue weighted by Crippen LogP contribution is -2.16. The summed E-state index contributed by atoms with van der Waals surface area (Å²) in [6, 6.07) is 14.4. The highest BCUT2D eigenvalue weighted by Gasteiger charge is 2.29. The summed E-state index contributed by atoms with van der Waals surface area (Å²) in [5.41, 5.74) is 1.52. The summed E-state index contributed by atoms with van der Waals surface area (Å²) in [6.07, 6.45) is -0.368. The predicted molar refractivity (Wildman–Crippen MR) is 78.0 cm³/mol. The number of aldehydes is 1. The number of aliphatic hydroxyl groups is 1. The lowest BCUT2D eigenvalue weighted by molar-refractivity contribution is -0.105. The van der Waals surface area contributed by atoms with Crippen LogP contribution in [0, 0.1) is 0 Å². The molecule has 0 radical (unpaired) electrons. The van der Waals surface area contributed by atoms with Gasteiger partial charge in [0.25, 0.3) is 0 Å². The Balaban J connectivity index is 2.13. The molecular weight excluding hydrogens is 268 g/mol. The standard InChI is InChI=1S/C17H14O4/c1-20-12-7-8-13-15(9-12)21-17(14(10-18)16(13)19)11-5-3-2-4-6-11/h2-10,16,19H,1H3/t16-/m1/s1. The molecule has 0 aliphatic carbocycles. The maximum absolute atomic E-state index is 11.4. The first kappa shape index (κ1) is 13.4. The molecule has 3 rings (SSSR count). The van der Waals surface area contributed by atoms with E-state index in [1.54, 1.807) is 25.3 Å². The van der Waals surface area contributed by atoms with Crippen LogP contribution in [0.4, 0.5) is 0 Å². The molecule has 21 heavy (non-hydrogen) atoms. The fraction of sp³-hybridized carbons (Fsp3) is 0.118. The third kappa shape index (κ3) is 2.30. The third-order valence-electron chi connectivity index (χ3n) is 3.45. The van der Waals surface area contributed by atoms with E-state index < -0.39 is 6.10 Å². The van der Waals surface area contributed by atoms with E-state index in [1.807, 2.05) is 30.3 Å². The van der Waals surface area contributed by atoms with Crippen LogP contribution in [0.1, 0.15) is 17.2 Å². The molecule has 4 heteroatoms. The molecule has 0 bridgehead atoms. The quantitative estimate of drug-likeness (QED) is 0.879. The van der Waals surface area contributed by atoms with Gasteiger partial charge in [0.2, 0.25) is 0 Å². The summed E-state index contributed by atoms with van der Waals surface area (Å²) in [4.78, 5) is 11.4. The maximum atomic E-state index is 11.4. The van der Waals surface area contributed by atoms with Crippen LogP contribution in [0.3, 0.4) is 0 Å². The van der Waals surface area contributed by atoms with E-state index in [4.69, 9.17) is 9.47 Å². The number of carbonyl (C=O) groups is 1.